The molecule has 0 aromatic heterocycles. The fourth-order valence-electron chi connectivity index (χ4n) is 3.36. The van der Waals surface area contributed by atoms with Gasteiger partial charge in [0.25, 0.3) is 0 Å². The number of hydrogen-bond acceptors (Lipinski definition) is 7. The average molecular weight is 472 g/mol. The molecule has 10 N–H and O–H groups in total. The van der Waals surface area contributed by atoms with Gasteiger partial charge in [-0.25, -0.2) is 4.79 Å². The number of aliphatic carboxylic acids is 1. The summed E-state index contributed by atoms with van der Waals surface area (Å²) in [5.41, 5.74) is 10.6. The minimum absolute atomic E-state index is 0.109. The highest BCUT2D eigenvalue weighted by atomic mass is 16.4. The zero-order chi connectivity index (χ0) is 25.0. The minimum Gasteiger partial charge on any atom is -0.480 e. The Bertz CT molecular complexity index is 707. The Morgan fingerprint density at radius 3 is 2.30 bits per heavy atom. The molecule has 0 saturated carbocycles. The number of carboxylic acids is 1. The van der Waals surface area contributed by atoms with Gasteiger partial charge in [0.2, 0.25) is 17.7 Å². The molecule has 0 aromatic carbocycles. The van der Waals surface area contributed by atoms with Crippen molar-refractivity contribution < 1.29 is 29.4 Å². The number of rotatable bonds is 14. The summed E-state index contributed by atoms with van der Waals surface area (Å²) in [6.45, 7) is 3.71. The molecular weight excluding hydrogens is 434 g/mol. The number of amides is 3. The second-order valence-electron chi connectivity index (χ2n) is 8.11. The maximum absolute atomic E-state index is 12.9. The number of nitrogens with zero attached hydrogens (tertiary/aromatic N) is 1. The second kappa shape index (κ2) is 14.3. The number of hydrogen-bond donors (Lipinski definition) is 8. The summed E-state index contributed by atoms with van der Waals surface area (Å²) in [4.78, 5) is 53.3. The Balaban J connectivity index is 2.88. The Morgan fingerprint density at radius 1 is 1.12 bits per heavy atom. The Morgan fingerprint density at radius 2 is 1.79 bits per heavy atom. The van der Waals surface area contributed by atoms with E-state index in [1.165, 1.54) is 0 Å². The van der Waals surface area contributed by atoms with Crippen molar-refractivity contribution in [3.63, 3.8) is 0 Å². The van der Waals surface area contributed by atoms with Gasteiger partial charge in [-0.05, 0) is 38.1 Å². The number of carbonyl (C=O) groups excluding carboxylic acids is 3. The molecule has 3 amide bonds. The van der Waals surface area contributed by atoms with E-state index in [1.807, 2.05) is 0 Å². The molecule has 1 rings (SSSR count). The van der Waals surface area contributed by atoms with Crippen LogP contribution in [0.15, 0.2) is 4.99 Å². The average Bonchev–Trinajstić information content (AvgIpc) is 3.31. The molecule has 5 unspecified atom stereocenters. The molecule has 188 valence electrons. The van der Waals surface area contributed by atoms with E-state index in [9.17, 15) is 29.4 Å². The van der Waals surface area contributed by atoms with Crippen molar-refractivity contribution in [1.82, 2.24) is 21.3 Å². The molecule has 0 aliphatic carbocycles. The van der Waals surface area contributed by atoms with Crippen molar-refractivity contribution in [2.75, 3.05) is 19.7 Å². The Kier molecular flexibility index (Phi) is 12.1. The fraction of sp³-hybridized carbons (Fsp3) is 0.750. The first-order chi connectivity index (χ1) is 15.6. The molecule has 0 radical (unpaired) electrons. The van der Waals surface area contributed by atoms with E-state index >= 15 is 0 Å². The number of carboxylic acid groups (broad SMARTS) is 1. The summed E-state index contributed by atoms with van der Waals surface area (Å²) < 4.78 is 0. The van der Waals surface area contributed by atoms with Crippen molar-refractivity contribution in [3.8, 4) is 0 Å². The van der Waals surface area contributed by atoms with Crippen molar-refractivity contribution in [1.29, 1.82) is 0 Å². The van der Waals surface area contributed by atoms with Crippen LogP contribution in [0, 0.1) is 5.92 Å². The zero-order valence-electron chi connectivity index (χ0n) is 19.2. The lowest BCUT2D eigenvalue weighted by atomic mass is 9.98. The van der Waals surface area contributed by atoms with E-state index in [4.69, 9.17) is 11.5 Å². The molecule has 1 aliphatic heterocycles. The smallest absolute Gasteiger partial charge is 0.326 e. The van der Waals surface area contributed by atoms with Gasteiger partial charge in [0.05, 0.1) is 12.6 Å². The number of aliphatic hydroxyl groups excluding tert-OH is 1. The summed E-state index contributed by atoms with van der Waals surface area (Å²) in [6.07, 6.45) is 2.39. The highest BCUT2D eigenvalue weighted by Gasteiger charge is 2.32. The highest BCUT2D eigenvalue weighted by Crippen LogP contribution is 2.10. The van der Waals surface area contributed by atoms with Crippen LogP contribution in [0.25, 0.3) is 0 Å². The van der Waals surface area contributed by atoms with Gasteiger partial charge in [-0.15, -0.1) is 0 Å². The number of nitrogens with one attached hydrogen (secondary N) is 4. The molecule has 0 spiro atoms. The third-order valence-corrected chi connectivity index (χ3v) is 5.55. The molecule has 0 bridgehead atoms. The van der Waals surface area contributed by atoms with Crippen molar-refractivity contribution >= 4 is 29.7 Å². The monoisotopic (exact) mass is 471 g/mol. The maximum atomic E-state index is 12.9. The number of nitrogens with two attached hydrogens (primary N) is 2. The van der Waals surface area contributed by atoms with E-state index in [-0.39, 0.29) is 24.8 Å². The third kappa shape index (κ3) is 9.61. The van der Waals surface area contributed by atoms with Crippen LogP contribution in [0.2, 0.25) is 0 Å². The summed E-state index contributed by atoms with van der Waals surface area (Å²) in [7, 11) is 0. The predicted molar refractivity (Wildman–Crippen MR) is 121 cm³/mol. The molecule has 1 heterocycles. The lowest BCUT2D eigenvalue weighted by Gasteiger charge is -2.26. The number of guanidine groups is 1. The SMILES string of the molecule is CCC(C)C(NC(=O)C(CCCN=C(N)N)NC(=O)C(CO)NC(=O)C1CCCN1)C(=O)O. The van der Waals surface area contributed by atoms with Crippen LogP contribution in [0.3, 0.4) is 0 Å². The first kappa shape index (κ1) is 28.1. The highest BCUT2D eigenvalue weighted by molar-refractivity contribution is 5.94. The van der Waals surface area contributed by atoms with E-state index < -0.39 is 54.5 Å². The lowest BCUT2D eigenvalue weighted by molar-refractivity contribution is -0.144. The number of carbonyl (C=O) groups is 4. The zero-order valence-corrected chi connectivity index (χ0v) is 19.2. The Labute approximate surface area is 193 Å². The molecule has 0 aromatic rings. The summed E-state index contributed by atoms with van der Waals surface area (Å²) in [5, 5.41) is 29.5. The van der Waals surface area contributed by atoms with Crippen molar-refractivity contribution in [2.24, 2.45) is 22.4 Å². The van der Waals surface area contributed by atoms with Crippen LogP contribution < -0.4 is 32.7 Å². The molecule has 5 atom stereocenters. The van der Waals surface area contributed by atoms with Crippen LogP contribution in [-0.2, 0) is 19.2 Å². The van der Waals surface area contributed by atoms with Gasteiger partial charge < -0.3 is 42.9 Å². The van der Waals surface area contributed by atoms with Gasteiger partial charge in [-0.3, -0.25) is 19.4 Å². The molecule has 1 fully saturated rings. The van der Waals surface area contributed by atoms with E-state index in [0.29, 0.717) is 25.8 Å². The Hall–Kier alpha value is -2.93. The molecule has 13 heteroatoms. The first-order valence-corrected chi connectivity index (χ1v) is 11.1. The van der Waals surface area contributed by atoms with Crippen molar-refractivity contribution in [3.05, 3.63) is 0 Å². The largest absolute Gasteiger partial charge is 0.480 e. The van der Waals surface area contributed by atoms with Gasteiger partial charge in [-0.1, -0.05) is 20.3 Å². The summed E-state index contributed by atoms with van der Waals surface area (Å²) in [6, 6.07) is -3.97. The van der Waals surface area contributed by atoms with Crippen LogP contribution in [0.1, 0.15) is 46.0 Å². The predicted octanol–water partition coefficient (Wildman–Crippen LogP) is -2.63. The topological polar surface area (TPSA) is 221 Å². The minimum atomic E-state index is -1.27. The van der Waals surface area contributed by atoms with Gasteiger partial charge in [0.15, 0.2) is 5.96 Å². The number of aliphatic hydroxyl groups is 1. The van der Waals surface area contributed by atoms with E-state index in [1.54, 1.807) is 13.8 Å². The standard InChI is InChI=1S/C20H37N7O6/c1-3-11(2)15(19(32)33)27-17(30)13(7-5-9-24-20(21)22)25-18(31)14(10-28)26-16(29)12-6-4-8-23-12/h11-15,23,28H,3-10H2,1-2H3,(H,25,31)(H,26,29)(H,27,30)(H,32,33)(H4,21,22,24). The molecule has 1 saturated heterocycles. The van der Waals surface area contributed by atoms with E-state index in [0.717, 1.165) is 6.42 Å². The van der Waals surface area contributed by atoms with Crippen LogP contribution in [0.4, 0.5) is 0 Å². The molecular formula is C20H37N7O6. The van der Waals surface area contributed by atoms with Crippen LogP contribution >= 0.6 is 0 Å². The fourth-order valence-corrected chi connectivity index (χ4v) is 3.36. The normalized spacial score (nSPS) is 18.9. The summed E-state index contributed by atoms with van der Waals surface area (Å²) in [5.74, 6) is -3.52. The van der Waals surface area contributed by atoms with Gasteiger partial charge in [0.1, 0.15) is 18.1 Å². The number of aliphatic imine (C=N–C) groups is 1. The second-order valence-corrected chi connectivity index (χ2v) is 8.11. The van der Waals surface area contributed by atoms with Crippen LogP contribution in [-0.4, -0.2) is 83.7 Å². The van der Waals surface area contributed by atoms with Crippen molar-refractivity contribution in [2.45, 2.75) is 70.1 Å². The lowest BCUT2D eigenvalue weighted by Crippen LogP contribution is -2.58. The first-order valence-electron chi connectivity index (χ1n) is 11.1. The molecule has 33 heavy (non-hydrogen) atoms. The van der Waals surface area contributed by atoms with Gasteiger partial charge in [-0.2, -0.15) is 0 Å². The van der Waals surface area contributed by atoms with E-state index in [2.05, 4.69) is 26.3 Å². The maximum Gasteiger partial charge on any atom is 0.326 e. The molecule has 13 nitrogen and oxygen atoms in total. The summed E-state index contributed by atoms with van der Waals surface area (Å²) >= 11 is 0. The quantitative estimate of drug-likeness (QED) is 0.0752. The third-order valence-electron chi connectivity index (χ3n) is 5.55. The molecule has 1 aliphatic rings. The van der Waals surface area contributed by atoms with Gasteiger partial charge in [0, 0.05) is 6.54 Å². The van der Waals surface area contributed by atoms with Crippen LogP contribution in [0.5, 0.6) is 0 Å². The van der Waals surface area contributed by atoms with Gasteiger partial charge >= 0.3 is 5.97 Å².